The molecular formula is C9H15N3O2. The summed E-state index contributed by atoms with van der Waals surface area (Å²) in [5, 5.41) is 11.9. The van der Waals surface area contributed by atoms with E-state index in [1.165, 1.54) is 0 Å². The van der Waals surface area contributed by atoms with E-state index in [0.29, 0.717) is 12.2 Å². The number of imidazole rings is 1. The SMILES string of the molecule is CCNC(C(=O)O)c1cncn1CC. The zero-order valence-corrected chi connectivity index (χ0v) is 8.40. The van der Waals surface area contributed by atoms with Crippen molar-refractivity contribution >= 4 is 5.97 Å². The highest BCUT2D eigenvalue weighted by atomic mass is 16.4. The predicted octanol–water partition coefficient (Wildman–Crippen LogP) is 0.638. The highest BCUT2D eigenvalue weighted by molar-refractivity contribution is 5.74. The minimum atomic E-state index is -0.873. The molecule has 1 aromatic heterocycles. The molecule has 0 bridgehead atoms. The molecule has 1 aromatic rings. The van der Waals surface area contributed by atoms with Crippen LogP contribution in [0, 0.1) is 0 Å². The van der Waals surface area contributed by atoms with Crippen LogP contribution in [0.2, 0.25) is 0 Å². The fourth-order valence-electron chi connectivity index (χ4n) is 1.36. The van der Waals surface area contributed by atoms with Gasteiger partial charge in [0.1, 0.15) is 6.04 Å². The fraction of sp³-hybridized carbons (Fsp3) is 0.556. The van der Waals surface area contributed by atoms with Gasteiger partial charge in [0.2, 0.25) is 0 Å². The minimum absolute atomic E-state index is 0.617. The number of carboxylic acids is 1. The predicted molar refractivity (Wildman–Crippen MR) is 52.0 cm³/mol. The third-order valence-corrected chi connectivity index (χ3v) is 2.04. The molecule has 0 saturated heterocycles. The normalized spacial score (nSPS) is 12.7. The summed E-state index contributed by atoms with van der Waals surface area (Å²) < 4.78 is 1.82. The number of aryl methyl sites for hydroxylation is 1. The van der Waals surface area contributed by atoms with Gasteiger partial charge in [0, 0.05) is 6.54 Å². The molecule has 5 heteroatoms. The summed E-state index contributed by atoms with van der Waals surface area (Å²) in [6.07, 6.45) is 3.23. The van der Waals surface area contributed by atoms with Crippen molar-refractivity contribution in [2.75, 3.05) is 6.54 Å². The van der Waals surface area contributed by atoms with Crippen molar-refractivity contribution < 1.29 is 9.90 Å². The van der Waals surface area contributed by atoms with Gasteiger partial charge in [-0.3, -0.25) is 10.1 Å². The molecule has 0 saturated carbocycles. The lowest BCUT2D eigenvalue weighted by Gasteiger charge is -2.14. The van der Waals surface area contributed by atoms with Crippen molar-refractivity contribution in [1.82, 2.24) is 14.9 Å². The molecule has 0 fully saturated rings. The molecule has 0 aromatic carbocycles. The van der Waals surface area contributed by atoms with Gasteiger partial charge in [0.05, 0.1) is 18.2 Å². The number of nitrogens with one attached hydrogen (secondary N) is 1. The molecule has 0 aliphatic rings. The summed E-state index contributed by atoms with van der Waals surface area (Å²) >= 11 is 0. The number of hydrogen-bond donors (Lipinski definition) is 2. The summed E-state index contributed by atoms with van der Waals surface area (Å²) in [4.78, 5) is 14.9. The largest absolute Gasteiger partial charge is 0.480 e. The third kappa shape index (κ3) is 2.11. The van der Waals surface area contributed by atoms with Crippen molar-refractivity contribution in [2.45, 2.75) is 26.4 Å². The standard InChI is InChI=1S/C9H15N3O2/c1-3-11-8(9(13)14)7-5-10-6-12(7)4-2/h5-6,8,11H,3-4H2,1-2H3,(H,13,14). The van der Waals surface area contributed by atoms with Gasteiger partial charge in [-0.05, 0) is 13.5 Å². The van der Waals surface area contributed by atoms with Crippen molar-refractivity contribution in [2.24, 2.45) is 0 Å². The van der Waals surface area contributed by atoms with Gasteiger partial charge in [0.25, 0.3) is 0 Å². The fourth-order valence-corrected chi connectivity index (χ4v) is 1.36. The molecule has 0 aliphatic heterocycles. The number of carbonyl (C=O) groups is 1. The molecule has 2 N–H and O–H groups in total. The number of carboxylic acid groups (broad SMARTS) is 1. The summed E-state index contributed by atoms with van der Waals surface area (Å²) in [5.74, 6) is -0.873. The van der Waals surface area contributed by atoms with Crippen LogP contribution in [0.25, 0.3) is 0 Å². The molecule has 5 nitrogen and oxygen atoms in total. The summed E-state index contributed by atoms with van der Waals surface area (Å²) in [6.45, 7) is 5.18. The van der Waals surface area contributed by atoms with Crippen LogP contribution in [0.5, 0.6) is 0 Å². The molecular weight excluding hydrogens is 182 g/mol. The van der Waals surface area contributed by atoms with E-state index in [1.807, 2.05) is 18.4 Å². The van der Waals surface area contributed by atoms with Crippen LogP contribution in [0.3, 0.4) is 0 Å². The van der Waals surface area contributed by atoms with Crippen LogP contribution in [-0.2, 0) is 11.3 Å². The molecule has 1 atom stereocenters. The first-order chi connectivity index (χ1) is 6.70. The van der Waals surface area contributed by atoms with Gasteiger partial charge in [-0.1, -0.05) is 6.92 Å². The minimum Gasteiger partial charge on any atom is -0.480 e. The maximum Gasteiger partial charge on any atom is 0.326 e. The molecule has 14 heavy (non-hydrogen) atoms. The van der Waals surface area contributed by atoms with E-state index >= 15 is 0 Å². The smallest absolute Gasteiger partial charge is 0.326 e. The van der Waals surface area contributed by atoms with Crippen molar-refractivity contribution in [1.29, 1.82) is 0 Å². The van der Waals surface area contributed by atoms with Crippen LogP contribution >= 0.6 is 0 Å². The monoisotopic (exact) mass is 197 g/mol. The lowest BCUT2D eigenvalue weighted by atomic mass is 10.2. The lowest BCUT2D eigenvalue weighted by Crippen LogP contribution is -2.30. The Balaban J connectivity index is 2.92. The van der Waals surface area contributed by atoms with Crippen molar-refractivity contribution in [3.05, 3.63) is 18.2 Å². The van der Waals surface area contributed by atoms with E-state index in [0.717, 1.165) is 6.54 Å². The second-order valence-corrected chi connectivity index (χ2v) is 2.93. The Morgan fingerprint density at radius 1 is 1.71 bits per heavy atom. The Kier molecular flexibility index (Phi) is 3.64. The van der Waals surface area contributed by atoms with Gasteiger partial charge in [-0.25, -0.2) is 4.98 Å². The van der Waals surface area contributed by atoms with E-state index < -0.39 is 12.0 Å². The van der Waals surface area contributed by atoms with Gasteiger partial charge in [-0.2, -0.15) is 0 Å². The molecule has 0 spiro atoms. The van der Waals surface area contributed by atoms with Crippen LogP contribution in [-0.4, -0.2) is 27.2 Å². The Labute approximate surface area is 82.8 Å². The zero-order valence-electron chi connectivity index (χ0n) is 8.40. The topological polar surface area (TPSA) is 67.2 Å². The Morgan fingerprint density at radius 3 is 2.93 bits per heavy atom. The van der Waals surface area contributed by atoms with Gasteiger partial charge in [-0.15, -0.1) is 0 Å². The molecule has 0 radical (unpaired) electrons. The number of hydrogen-bond acceptors (Lipinski definition) is 3. The van der Waals surface area contributed by atoms with E-state index in [2.05, 4.69) is 10.3 Å². The summed E-state index contributed by atoms with van der Waals surface area (Å²) in [5.41, 5.74) is 0.696. The molecule has 1 rings (SSSR count). The second kappa shape index (κ2) is 4.76. The number of likely N-dealkylation sites (N-methyl/N-ethyl adjacent to an activating group) is 1. The number of nitrogens with zero attached hydrogens (tertiary/aromatic N) is 2. The van der Waals surface area contributed by atoms with Gasteiger partial charge < -0.3 is 9.67 Å². The zero-order chi connectivity index (χ0) is 10.6. The first-order valence-electron chi connectivity index (χ1n) is 4.66. The maximum atomic E-state index is 11.0. The summed E-state index contributed by atoms with van der Waals surface area (Å²) in [7, 11) is 0. The first kappa shape index (κ1) is 10.7. The maximum absolute atomic E-state index is 11.0. The van der Waals surface area contributed by atoms with E-state index in [-0.39, 0.29) is 0 Å². The molecule has 1 unspecified atom stereocenters. The van der Waals surface area contributed by atoms with E-state index in [9.17, 15) is 4.79 Å². The molecule has 0 amide bonds. The lowest BCUT2D eigenvalue weighted by molar-refractivity contribution is -0.139. The Morgan fingerprint density at radius 2 is 2.43 bits per heavy atom. The first-order valence-corrected chi connectivity index (χ1v) is 4.66. The molecule has 0 aliphatic carbocycles. The van der Waals surface area contributed by atoms with Gasteiger partial charge >= 0.3 is 5.97 Å². The van der Waals surface area contributed by atoms with Crippen LogP contribution < -0.4 is 5.32 Å². The van der Waals surface area contributed by atoms with Crippen LogP contribution in [0.1, 0.15) is 25.6 Å². The van der Waals surface area contributed by atoms with E-state index in [4.69, 9.17) is 5.11 Å². The highest BCUT2D eigenvalue weighted by Gasteiger charge is 2.21. The van der Waals surface area contributed by atoms with Crippen molar-refractivity contribution in [3.63, 3.8) is 0 Å². The highest BCUT2D eigenvalue weighted by Crippen LogP contribution is 2.12. The second-order valence-electron chi connectivity index (χ2n) is 2.93. The van der Waals surface area contributed by atoms with Gasteiger partial charge in [0.15, 0.2) is 0 Å². The average Bonchev–Trinajstić information content (AvgIpc) is 2.61. The number of aliphatic carboxylic acids is 1. The van der Waals surface area contributed by atoms with Crippen LogP contribution in [0.4, 0.5) is 0 Å². The average molecular weight is 197 g/mol. The number of aromatic nitrogens is 2. The summed E-state index contributed by atoms with van der Waals surface area (Å²) in [6, 6.07) is -0.664. The Bertz CT molecular complexity index is 309. The molecule has 1 heterocycles. The van der Waals surface area contributed by atoms with E-state index in [1.54, 1.807) is 12.5 Å². The van der Waals surface area contributed by atoms with Crippen LogP contribution in [0.15, 0.2) is 12.5 Å². The Hall–Kier alpha value is -1.36. The quantitative estimate of drug-likeness (QED) is 0.726. The van der Waals surface area contributed by atoms with Crippen molar-refractivity contribution in [3.8, 4) is 0 Å². The third-order valence-electron chi connectivity index (χ3n) is 2.04. The number of rotatable bonds is 5. The molecule has 78 valence electrons.